The Balaban J connectivity index is 1.47. The number of ether oxygens (including phenoxy) is 3. The van der Waals surface area contributed by atoms with Crippen molar-refractivity contribution in [2.75, 3.05) is 13.2 Å². The molecule has 2 saturated heterocycles. The van der Waals surface area contributed by atoms with Crippen LogP contribution in [0.4, 0.5) is 0 Å². The Morgan fingerprint density at radius 2 is 1.60 bits per heavy atom. The quantitative estimate of drug-likeness (QED) is 0.674. The largest absolute Gasteiger partial charge is 0.464 e. The van der Waals surface area contributed by atoms with E-state index in [1.807, 2.05) is 60.7 Å². The van der Waals surface area contributed by atoms with E-state index in [0.29, 0.717) is 13.2 Å². The van der Waals surface area contributed by atoms with Crippen LogP contribution in [0.5, 0.6) is 0 Å². The molecule has 2 aromatic carbocycles. The lowest BCUT2D eigenvalue weighted by atomic mass is 10.0. The van der Waals surface area contributed by atoms with Gasteiger partial charge in [0.1, 0.15) is 18.8 Å². The minimum absolute atomic E-state index is 0.0528. The summed E-state index contributed by atoms with van der Waals surface area (Å²) in [7, 11) is 0. The molecule has 0 bridgehead atoms. The molecular weight excluding hydrogens is 382 g/mol. The predicted octanol–water partition coefficient (Wildman–Crippen LogP) is 2.54. The molecule has 0 radical (unpaired) electrons. The van der Waals surface area contributed by atoms with Crippen LogP contribution in [-0.2, 0) is 32.2 Å². The molecule has 0 unspecified atom stereocenters. The van der Waals surface area contributed by atoms with E-state index >= 15 is 0 Å². The number of esters is 1. The van der Waals surface area contributed by atoms with Crippen molar-refractivity contribution in [1.82, 2.24) is 4.90 Å². The number of hydrogen-bond donors (Lipinski definition) is 1. The summed E-state index contributed by atoms with van der Waals surface area (Å²) in [4.78, 5) is 13.5. The van der Waals surface area contributed by atoms with Gasteiger partial charge in [0.05, 0.1) is 31.4 Å². The Labute approximate surface area is 177 Å². The summed E-state index contributed by atoms with van der Waals surface area (Å²) >= 11 is 0. The van der Waals surface area contributed by atoms with E-state index in [1.54, 1.807) is 0 Å². The zero-order valence-electron chi connectivity index (χ0n) is 17.2. The SMILES string of the molecule is CC(=O)OC[C@@H]1[C@@H](O)[C@H](OCc2ccccc2)[C@@H]2[C@@H](OCc3ccccc3)CCN21. The van der Waals surface area contributed by atoms with Gasteiger partial charge < -0.3 is 19.3 Å². The van der Waals surface area contributed by atoms with Crippen LogP contribution >= 0.6 is 0 Å². The van der Waals surface area contributed by atoms with Crippen molar-refractivity contribution < 1.29 is 24.1 Å². The number of rotatable bonds is 8. The lowest BCUT2D eigenvalue weighted by Crippen LogP contribution is -2.42. The van der Waals surface area contributed by atoms with Crippen molar-refractivity contribution in [3.63, 3.8) is 0 Å². The van der Waals surface area contributed by atoms with E-state index in [2.05, 4.69) is 4.90 Å². The van der Waals surface area contributed by atoms with E-state index in [9.17, 15) is 9.90 Å². The van der Waals surface area contributed by atoms with E-state index in [4.69, 9.17) is 14.2 Å². The maximum absolute atomic E-state index is 11.3. The third-order valence-corrected chi connectivity index (χ3v) is 5.98. The molecule has 2 fully saturated rings. The number of hydrogen-bond acceptors (Lipinski definition) is 6. The van der Waals surface area contributed by atoms with Gasteiger partial charge in [-0.1, -0.05) is 60.7 Å². The van der Waals surface area contributed by atoms with Crippen LogP contribution in [0.1, 0.15) is 24.5 Å². The molecule has 4 rings (SSSR count). The van der Waals surface area contributed by atoms with Gasteiger partial charge >= 0.3 is 5.97 Å². The fraction of sp³-hybridized carbons (Fsp3) is 0.458. The second kappa shape index (κ2) is 9.71. The monoisotopic (exact) mass is 411 g/mol. The molecule has 0 aromatic heterocycles. The van der Waals surface area contributed by atoms with Gasteiger partial charge in [-0.05, 0) is 17.5 Å². The van der Waals surface area contributed by atoms with E-state index in [0.717, 1.165) is 24.1 Å². The molecule has 6 nitrogen and oxygen atoms in total. The fourth-order valence-corrected chi connectivity index (χ4v) is 4.53. The van der Waals surface area contributed by atoms with Crippen LogP contribution in [0.25, 0.3) is 0 Å². The maximum Gasteiger partial charge on any atom is 0.302 e. The summed E-state index contributed by atoms with van der Waals surface area (Å²) in [5, 5.41) is 11.0. The molecule has 30 heavy (non-hydrogen) atoms. The van der Waals surface area contributed by atoms with Gasteiger partial charge in [-0.3, -0.25) is 9.69 Å². The average molecular weight is 411 g/mol. The van der Waals surface area contributed by atoms with Gasteiger partial charge in [0.2, 0.25) is 0 Å². The molecule has 2 aliphatic heterocycles. The number of fused-ring (bicyclic) bond motifs is 1. The molecule has 5 atom stereocenters. The Bertz CT molecular complexity index is 815. The topological polar surface area (TPSA) is 68.2 Å². The third-order valence-electron chi connectivity index (χ3n) is 5.98. The maximum atomic E-state index is 11.3. The van der Waals surface area contributed by atoms with Gasteiger partial charge in [0.15, 0.2) is 0 Å². The summed E-state index contributed by atoms with van der Waals surface area (Å²) in [6.07, 6.45) is -0.357. The molecule has 6 heteroatoms. The first kappa shape index (κ1) is 21.0. The van der Waals surface area contributed by atoms with E-state index < -0.39 is 12.2 Å². The number of benzene rings is 2. The van der Waals surface area contributed by atoms with Gasteiger partial charge in [-0.25, -0.2) is 0 Å². The normalized spacial score (nSPS) is 28.4. The first-order chi connectivity index (χ1) is 14.6. The van der Waals surface area contributed by atoms with Crippen LogP contribution in [0.3, 0.4) is 0 Å². The summed E-state index contributed by atoms with van der Waals surface area (Å²) in [5.41, 5.74) is 2.17. The van der Waals surface area contributed by atoms with Crippen molar-refractivity contribution in [2.45, 2.75) is 57.0 Å². The molecule has 0 amide bonds. The first-order valence-corrected chi connectivity index (χ1v) is 10.5. The van der Waals surface area contributed by atoms with E-state index in [-0.39, 0.29) is 30.8 Å². The van der Waals surface area contributed by atoms with Crippen LogP contribution < -0.4 is 0 Å². The number of aliphatic hydroxyl groups excluding tert-OH is 1. The molecule has 1 N–H and O–H groups in total. The Kier molecular flexibility index (Phi) is 6.79. The molecule has 2 aromatic rings. The van der Waals surface area contributed by atoms with Crippen molar-refractivity contribution in [1.29, 1.82) is 0 Å². The third kappa shape index (κ3) is 4.73. The van der Waals surface area contributed by atoms with Crippen molar-refractivity contribution >= 4 is 5.97 Å². The minimum Gasteiger partial charge on any atom is -0.464 e. The smallest absolute Gasteiger partial charge is 0.302 e. The molecule has 0 spiro atoms. The molecule has 0 aliphatic carbocycles. The van der Waals surface area contributed by atoms with Gasteiger partial charge in [-0.2, -0.15) is 0 Å². The molecular formula is C24H29NO5. The molecule has 0 saturated carbocycles. The Morgan fingerprint density at radius 3 is 2.20 bits per heavy atom. The average Bonchev–Trinajstić information content (AvgIpc) is 3.28. The number of nitrogens with zero attached hydrogens (tertiary/aromatic N) is 1. The van der Waals surface area contributed by atoms with Crippen LogP contribution in [0, 0.1) is 0 Å². The predicted molar refractivity (Wildman–Crippen MR) is 112 cm³/mol. The highest BCUT2D eigenvalue weighted by atomic mass is 16.5. The number of carbonyl (C=O) groups is 1. The Morgan fingerprint density at radius 1 is 1.00 bits per heavy atom. The van der Waals surface area contributed by atoms with Crippen molar-refractivity contribution in [3.8, 4) is 0 Å². The summed E-state index contributed by atoms with van der Waals surface area (Å²) < 4.78 is 17.7. The molecule has 2 heterocycles. The highest BCUT2D eigenvalue weighted by Gasteiger charge is 2.55. The highest BCUT2D eigenvalue weighted by molar-refractivity contribution is 5.65. The summed E-state index contributed by atoms with van der Waals surface area (Å²) in [5.74, 6) is -0.344. The number of aliphatic hydroxyl groups is 1. The van der Waals surface area contributed by atoms with Crippen LogP contribution in [0.2, 0.25) is 0 Å². The van der Waals surface area contributed by atoms with E-state index in [1.165, 1.54) is 6.92 Å². The highest BCUT2D eigenvalue weighted by Crippen LogP contribution is 2.37. The Hall–Kier alpha value is -2.25. The number of carbonyl (C=O) groups excluding carboxylic acids is 1. The summed E-state index contributed by atoms with van der Waals surface area (Å²) in [6.45, 7) is 3.25. The van der Waals surface area contributed by atoms with Gasteiger partial charge in [-0.15, -0.1) is 0 Å². The first-order valence-electron chi connectivity index (χ1n) is 10.5. The minimum atomic E-state index is -0.749. The second-order valence-corrected chi connectivity index (χ2v) is 7.97. The van der Waals surface area contributed by atoms with Crippen molar-refractivity contribution in [3.05, 3.63) is 71.8 Å². The van der Waals surface area contributed by atoms with Crippen LogP contribution in [0.15, 0.2) is 60.7 Å². The molecule has 2 aliphatic rings. The lowest BCUT2D eigenvalue weighted by molar-refractivity contribution is -0.143. The second-order valence-electron chi connectivity index (χ2n) is 7.97. The van der Waals surface area contributed by atoms with Crippen LogP contribution in [-0.4, -0.2) is 59.5 Å². The zero-order chi connectivity index (χ0) is 20.9. The fourth-order valence-electron chi connectivity index (χ4n) is 4.53. The zero-order valence-corrected chi connectivity index (χ0v) is 17.2. The van der Waals surface area contributed by atoms with Gasteiger partial charge in [0, 0.05) is 13.5 Å². The van der Waals surface area contributed by atoms with Gasteiger partial charge in [0.25, 0.3) is 0 Å². The lowest BCUT2D eigenvalue weighted by Gasteiger charge is -2.27. The van der Waals surface area contributed by atoms with Crippen molar-refractivity contribution in [2.24, 2.45) is 0 Å². The standard InChI is InChI=1S/C24H29NO5/c1-17(26)28-16-20-23(27)24(30-15-19-10-6-3-7-11-19)22-21(12-13-25(20)22)29-14-18-8-4-2-5-9-18/h2-11,20-24,27H,12-16H2,1H3/t20-,21+,22+,23-,24-/m1/s1. The molecule has 160 valence electrons. The summed E-state index contributed by atoms with van der Waals surface area (Å²) in [6, 6.07) is 19.6.